The third-order valence-corrected chi connectivity index (χ3v) is 6.72. The van der Waals surface area contributed by atoms with Gasteiger partial charge in [-0.1, -0.05) is 18.9 Å². The van der Waals surface area contributed by atoms with Gasteiger partial charge in [0.1, 0.15) is 11.5 Å². The van der Waals surface area contributed by atoms with Gasteiger partial charge < -0.3 is 10.2 Å². The molecule has 1 aliphatic heterocycles. The summed E-state index contributed by atoms with van der Waals surface area (Å²) in [5, 5.41) is 2.79. The minimum Gasteiger partial charge on any atom is -0.337 e. The highest BCUT2D eigenvalue weighted by Crippen LogP contribution is 2.29. The van der Waals surface area contributed by atoms with Crippen LogP contribution in [0.15, 0.2) is 36.5 Å². The van der Waals surface area contributed by atoms with Gasteiger partial charge in [0.2, 0.25) is 5.91 Å². The normalized spacial score (nSPS) is 19.8. The molecular formula is C25H31FN4O2. The van der Waals surface area contributed by atoms with E-state index in [1.54, 1.807) is 24.4 Å². The van der Waals surface area contributed by atoms with Crippen LogP contribution >= 0.6 is 0 Å². The van der Waals surface area contributed by atoms with Gasteiger partial charge in [-0.25, -0.2) is 4.39 Å². The lowest BCUT2D eigenvalue weighted by molar-refractivity contribution is -0.140. The molecule has 7 heteroatoms. The maximum atomic E-state index is 14.4. The molecule has 1 aromatic heterocycles. The number of rotatable bonds is 5. The number of anilines is 1. The van der Waals surface area contributed by atoms with Gasteiger partial charge in [-0.2, -0.15) is 0 Å². The fraction of sp³-hybridized carbons (Fsp3) is 0.480. The van der Waals surface area contributed by atoms with E-state index in [2.05, 4.69) is 22.1 Å². The number of amides is 2. The minimum absolute atomic E-state index is 0.133. The highest BCUT2D eigenvalue weighted by Gasteiger charge is 2.33. The van der Waals surface area contributed by atoms with Gasteiger partial charge in [-0.3, -0.25) is 19.5 Å². The zero-order valence-corrected chi connectivity index (χ0v) is 18.8. The van der Waals surface area contributed by atoms with Crippen molar-refractivity contribution in [1.29, 1.82) is 0 Å². The third-order valence-electron chi connectivity index (χ3n) is 6.72. The van der Waals surface area contributed by atoms with E-state index in [1.165, 1.54) is 12.1 Å². The Morgan fingerprint density at radius 3 is 2.66 bits per heavy atom. The number of hydrogen-bond donors (Lipinski definition) is 1. The summed E-state index contributed by atoms with van der Waals surface area (Å²) in [5.41, 5.74) is 2.42. The van der Waals surface area contributed by atoms with E-state index in [0.29, 0.717) is 24.7 Å². The SMILES string of the molecule is Cc1c(CN2CCN(C(=O)C3CCCC3)C(C)C2)cc(F)cc1NC(=O)c1ccccn1. The molecule has 6 nitrogen and oxygen atoms in total. The molecule has 1 unspecified atom stereocenters. The van der Waals surface area contributed by atoms with Crippen molar-refractivity contribution in [3.63, 3.8) is 0 Å². The molecule has 2 heterocycles. The van der Waals surface area contributed by atoms with Crippen molar-refractivity contribution < 1.29 is 14.0 Å². The Morgan fingerprint density at radius 1 is 1.19 bits per heavy atom. The average molecular weight is 439 g/mol. The van der Waals surface area contributed by atoms with Gasteiger partial charge in [-0.05, 0) is 62.1 Å². The Morgan fingerprint density at radius 2 is 1.97 bits per heavy atom. The number of carbonyl (C=O) groups is 2. The molecule has 0 bridgehead atoms. The summed E-state index contributed by atoms with van der Waals surface area (Å²) < 4.78 is 14.4. The van der Waals surface area contributed by atoms with Crippen molar-refractivity contribution in [2.45, 2.75) is 52.1 Å². The van der Waals surface area contributed by atoms with E-state index in [1.807, 2.05) is 11.8 Å². The van der Waals surface area contributed by atoms with E-state index < -0.39 is 0 Å². The van der Waals surface area contributed by atoms with Crippen molar-refractivity contribution in [1.82, 2.24) is 14.8 Å². The van der Waals surface area contributed by atoms with E-state index >= 15 is 0 Å². The second kappa shape index (κ2) is 9.77. The van der Waals surface area contributed by atoms with Gasteiger partial charge in [0.15, 0.2) is 0 Å². The molecule has 170 valence electrons. The van der Waals surface area contributed by atoms with Crippen molar-refractivity contribution in [3.05, 3.63) is 59.2 Å². The summed E-state index contributed by atoms with van der Waals surface area (Å²) >= 11 is 0. The van der Waals surface area contributed by atoms with Crippen molar-refractivity contribution >= 4 is 17.5 Å². The van der Waals surface area contributed by atoms with Crippen LogP contribution in [0.5, 0.6) is 0 Å². The van der Waals surface area contributed by atoms with Crippen LogP contribution in [0, 0.1) is 18.7 Å². The lowest BCUT2D eigenvalue weighted by Gasteiger charge is -2.41. The molecule has 0 radical (unpaired) electrons. The lowest BCUT2D eigenvalue weighted by Crippen LogP contribution is -2.54. The standard InChI is InChI=1S/C25H31FN4O2/c1-17-15-29(11-12-30(17)25(32)19-7-3-4-8-19)16-20-13-21(26)14-23(18(20)2)28-24(31)22-9-5-6-10-27-22/h5-6,9-10,13-14,17,19H,3-4,7-8,11-12,15-16H2,1-2H3,(H,28,31). The smallest absolute Gasteiger partial charge is 0.274 e. The molecule has 1 aromatic carbocycles. The van der Waals surface area contributed by atoms with Crippen LogP contribution in [-0.4, -0.2) is 52.3 Å². The minimum atomic E-state index is -0.384. The van der Waals surface area contributed by atoms with Crippen molar-refractivity contribution in [2.75, 3.05) is 25.0 Å². The first-order valence-corrected chi connectivity index (χ1v) is 11.5. The van der Waals surface area contributed by atoms with Crippen LogP contribution in [0.1, 0.15) is 54.2 Å². The van der Waals surface area contributed by atoms with E-state index in [0.717, 1.165) is 49.9 Å². The van der Waals surface area contributed by atoms with Gasteiger partial charge in [-0.15, -0.1) is 0 Å². The molecular weight excluding hydrogens is 407 g/mol. The van der Waals surface area contributed by atoms with Crippen LogP contribution in [0.25, 0.3) is 0 Å². The second-order valence-corrected chi connectivity index (χ2v) is 9.00. The molecule has 1 aliphatic carbocycles. The fourth-order valence-corrected chi connectivity index (χ4v) is 4.87. The number of hydrogen-bond acceptors (Lipinski definition) is 4. The summed E-state index contributed by atoms with van der Waals surface area (Å²) in [4.78, 5) is 33.7. The summed E-state index contributed by atoms with van der Waals surface area (Å²) in [5.74, 6) is -0.251. The highest BCUT2D eigenvalue weighted by atomic mass is 19.1. The Labute approximate surface area is 188 Å². The number of carbonyl (C=O) groups excluding carboxylic acids is 2. The average Bonchev–Trinajstić information content (AvgIpc) is 3.32. The Hall–Kier alpha value is -2.80. The maximum Gasteiger partial charge on any atom is 0.274 e. The molecule has 1 N–H and O–H groups in total. The zero-order valence-electron chi connectivity index (χ0n) is 18.8. The number of halogens is 1. The molecule has 2 amide bonds. The Bertz CT molecular complexity index is 975. The number of pyridine rings is 1. The summed E-state index contributed by atoms with van der Waals surface area (Å²) in [6.07, 6.45) is 5.89. The largest absolute Gasteiger partial charge is 0.337 e. The predicted octanol–water partition coefficient (Wildman–Crippen LogP) is 4.00. The number of benzene rings is 1. The number of piperazine rings is 1. The highest BCUT2D eigenvalue weighted by molar-refractivity contribution is 6.03. The Balaban J connectivity index is 1.42. The first kappa shape index (κ1) is 22.4. The van der Waals surface area contributed by atoms with E-state index in [-0.39, 0.29) is 29.4 Å². The van der Waals surface area contributed by atoms with Gasteiger partial charge in [0.25, 0.3) is 5.91 Å². The monoisotopic (exact) mass is 438 g/mol. The lowest BCUT2D eigenvalue weighted by atomic mass is 10.0. The third kappa shape index (κ3) is 4.99. The van der Waals surface area contributed by atoms with Crippen LogP contribution in [0.3, 0.4) is 0 Å². The van der Waals surface area contributed by atoms with Crippen LogP contribution in [-0.2, 0) is 11.3 Å². The Kier molecular flexibility index (Phi) is 6.84. The van der Waals surface area contributed by atoms with Crippen LogP contribution < -0.4 is 5.32 Å². The molecule has 32 heavy (non-hydrogen) atoms. The van der Waals surface area contributed by atoms with E-state index in [4.69, 9.17) is 0 Å². The van der Waals surface area contributed by atoms with E-state index in [9.17, 15) is 14.0 Å². The topological polar surface area (TPSA) is 65.5 Å². The predicted molar refractivity (Wildman–Crippen MR) is 122 cm³/mol. The molecule has 0 spiro atoms. The second-order valence-electron chi connectivity index (χ2n) is 9.00. The molecule has 2 fully saturated rings. The van der Waals surface area contributed by atoms with Gasteiger partial charge in [0, 0.05) is 50.0 Å². The van der Waals surface area contributed by atoms with Crippen LogP contribution in [0.4, 0.5) is 10.1 Å². The summed E-state index contributed by atoms with van der Waals surface area (Å²) in [6.45, 7) is 6.78. The summed E-state index contributed by atoms with van der Waals surface area (Å²) in [7, 11) is 0. The number of nitrogens with zero attached hydrogens (tertiary/aromatic N) is 3. The van der Waals surface area contributed by atoms with Crippen LogP contribution in [0.2, 0.25) is 0 Å². The number of aromatic nitrogens is 1. The quantitative estimate of drug-likeness (QED) is 0.766. The molecule has 1 atom stereocenters. The van der Waals surface area contributed by atoms with Gasteiger partial charge in [0.05, 0.1) is 0 Å². The maximum absolute atomic E-state index is 14.4. The molecule has 2 aliphatic rings. The molecule has 2 aromatic rings. The summed E-state index contributed by atoms with van der Waals surface area (Å²) in [6, 6.07) is 8.12. The zero-order chi connectivity index (χ0) is 22.7. The van der Waals surface area contributed by atoms with Gasteiger partial charge >= 0.3 is 0 Å². The molecule has 1 saturated carbocycles. The number of nitrogens with one attached hydrogen (secondary N) is 1. The first-order valence-electron chi connectivity index (χ1n) is 11.5. The molecule has 4 rings (SSSR count). The fourth-order valence-electron chi connectivity index (χ4n) is 4.87. The molecule has 1 saturated heterocycles. The van der Waals surface area contributed by atoms with Crippen molar-refractivity contribution in [3.8, 4) is 0 Å². The first-order chi connectivity index (χ1) is 15.4. The van der Waals surface area contributed by atoms with Crippen molar-refractivity contribution in [2.24, 2.45) is 5.92 Å².